The van der Waals surface area contributed by atoms with Gasteiger partial charge in [0.1, 0.15) is 6.10 Å². The number of ether oxygens (including phenoxy) is 3. The molecule has 1 aliphatic rings. The second-order valence-electron chi connectivity index (χ2n) is 4.62. The third-order valence-corrected chi connectivity index (χ3v) is 2.97. The molecule has 0 amide bonds. The first-order valence-corrected chi connectivity index (χ1v) is 6.77. The van der Waals surface area contributed by atoms with Gasteiger partial charge in [-0.15, -0.1) is 0 Å². The quantitative estimate of drug-likeness (QED) is 0.767. The van der Waals surface area contributed by atoms with Gasteiger partial charge in [-0.1, -0.05) is 43.7 Å². The third kappa shape index (κ3) is 4.33. The normalized spacial score (nSPS) is 23.0. The van der Waals surface area contributed by atoms with Crippen molar-refractivity contribution in [1.82, 2.24) is 0 Å². The van der Waals surface area contributed by atoms with Crippen LogP contribution < -0.4 is 0 Å². The maximum absolute atomic E-state index is 11.5. The number of esters is 1. The van der Waals surface area contributed by atoms with Crippen molar-refractivity contribution in [2.24, 2.45) is 0 Å². The Hall–Kier alpha value is -1.39. The van der Waals surface area contributed by atoms with Crippen molar-refractivity contribution in [2.75, 3.05) is 13.2 Å². The molecule has 104 valence electrons. The largest absolute Gasteiger partial charge is 0.457 e. The monoisotopic (exact) mass is 264 g/mol. The maximum atomic E-state index is 11.5. The number of hydrogen-bond donors (Lipinski definition) is 0. The Morgan fingerprint density at radius 3 is 2.58 bits per heavy atom. The lowest BCUT2D eigenvalue weighted by molar-refractivity contribution is -0.229. The van der Waals surface area contributed by atoms with Crippen molar-refractivity contribution in [2.45, 2.75) is 38.6 Å². The molecule has 0 bridgehead atoms. The first-order valence-electron chi connectivity index (χ1n) is 6.77. The summed E-state index contributed by atoms with van der Waals surface area (Å²) in [6, 6.07) is 9.75. The summed E-state index contributed by atoms with van der Waals surface area (Å²) in [5, 5.41) is 0. The van der Waals surface area contributed by atoms with Crippen LogP contribution in [0.25, 0.3) is 0 Å². The molecule has 0 aromatic heterocycles. The smallest absolute Gasteiger partial charge is 0.306 e. The molecule has 0 saturated carbocycles. The van der Waals surface area contributed by atoms with Crippen molar-refractivity contribution in [1.29, 1.82) is 0 Å². The van der Waals surface area contributed by atoms with E-state index in [4.69, 9.17) is 14.2 Å². The third-order valence-electron chi connectivity index (χ3n) is 2.97. The molecule has 0 atom stereocenters. The predicted molar refractivity (Wildman–Crippen MR) is 70.5 cm³/mol. The van der Waals surface area contributed by atoms with Gasteiger partial charge in [0.25, 0.3) is 0 Å². The van der Waals surface area contributed by atoms with E-state index in [0.717, 1.165) is 18.4 Å². The highest BCUT2D eigenvalue weighted by molar-refractivity contribution is 5.69. The van der Waals surface area contributed by atoms with Crippen LogP contribution >= 0.6 is 0 Å². The summed E-state index contributed by atoms with van der Waals surface area (Å²) in [4.78, 5) is 11.5. The molecule has 0 spiro atoms. The Morgan fingerprint density at radius 1 is 1.26 bits per heavy atom. The molecule has 1 aliphatic heterocycles. The summed E-state index contributed by atoms with van der Waals surface area (Å²) in [6.45, 7) is 2.82. The number of carbonyl (C=O) groups excluding carboxylic acids is 1. The van der Waals surface area contributed by atoms with Gasteiger partial charge in [-0.05, 0) is 6.42 Å². The van der Waals surface area contributed by atoms with Crippen LogP contribution in [0, 0.1) is 0 Å². The Labute approximate surface area is 113 Å². The zero-order valence-corrected chi connectivity index (χ0v) is 11.2. The molecule has 19 heavy (non-hydrogen) atoms. The van der Waals surface area contributed by atoms with E-state index in [-0.39, 0.29) is 18.4 Å². The lowest BCUT2D eigenvalue weighted by Crippen LogP contribution is -2.35. The molecule has 0 N–H and O–H groups in total. The minimum atomic E-state index is -0.355. The number of unbranched alkanes of at least 4 members (excludes halogenated alkanes) is 1. The Bertz CT molecular complexity index is 382. The fourth-order valence-electron chi connectivity index (χ4n) is 1.92. The Kier molecular flexibility index (Phi) is 5.36. The number of hydrogen-bond acceptors (Lipinski definition) is 4. The summed E-state index contributed by atoms with van der Waals surface area (Å²) >= 11 is 0. The van der Waals surface area contributed by atoms with Crippen LogP contribution in [0.1, 0.15) is 38.0 Å². The fraction of sp³-hybridized carbons (Fsp3) is 0.533. The molecule has 1 aromatic rings. The van der Waals surface area contributed by atoms with Gasteiger partial charge in [-0.3, -0.25) is 4.79 Å². The first kappa shape index (κ1) is 14.0. The summed E-state index contributed by atoms with van der Waals surface area (Å²) in [6.07, 6.45) is 1.67. The van der Waals surface area contributed by atoms with Crippen molar-refractivity contribution in [3.8, 4) is 0 Å². The lowest BCUT2D eigenvalue weighted by Gasteiger charge is -2.29. The average molecular weight is 264 g/mol. The van der Waals surface area contributed by atoms with Gasteiger partial charge >= 0.3 is 5.97 Å². The summed E-state index contributed by atoms with van der Waals surface area (Å²) < 4.78 is 16.5. The van der Waals surface area contributed by atoms with Gasteiger partial charge in [-0.2, -0.15) is 0 Å². The van der Waals surface area contributed by atoms with Crippen molar-refractivity contribution >= 4 is 5.97 Å². The van der Waals surface area contributed by atoms with Gasteiger partial charge in [0.2, 0.25) is 0 Å². The van der Waals surface area contributed by atoms with Crippen LogP contribution in [0.3, 0.4) is 0 Å². The Morgan fingerprint density at radius 2 is 1.95 bits per heavy atom. The average Bonchev–Trinajstić information content (AvgIpc) is 2.47. The van der Waals surface area contributed by atoms with Crippen molar-refractivity contribution in [3.05, 3.63) is 35.9 Å². The number of carbonyl (C=O) groups is 1. The second kappa shape index (κ2) is 7.26. The summed E-state index contributed by atoms with van der Waals surface area (Å²) in [5.74, 6) is -0.169. The molecule has 4 heteroatoms. The molecule has 2 rings (SSSR count). The minimum Gasteiger partial charge on any atom is -0.457 e. The van der Waals surface area contributed by atoms with Gasteiger partial charge in [-0.25, -0.2) is 0 Å². The van der Waals surface area contributed by atoms with E-state index in [1.54, 1.807) is 0 Å². The van der Waals surface area contributed by atoms with E-state index in [1.807, 2.05) is 37.3 Å². The molecule has 4 nitrogen and oxygen atoms in total. The zero-order valence-electron chi connectivity index (χ0n) is 11.2. The molecular weight excluding hydrogens is 244 g/mol. The zero-order chi connectivity index (χ0) is 13.5. The minimum absolute atomic E-state index is 0.169. The molecule has 1 fully saturated rings. The summed E-state index contributed by atoms with van der Waals surface area (Å²) in [5.41, 5.74) is 0.984. The first-order chi connectivity index (χ1) is 9.29. The highest BCUT2D eigenvalue weighted by Gasteiger charge is 2.25. The Balaban J connectivity index is 1.75. The number of benzene rings is 1. The molecule has 1 saturated heterocycles. The molecule has 1 heterocycles. The van der Waals surface area contributed by atoms with E-state index in [9.17, 15) is 4.79 Å². The summed E-state index contributed by atoms with van der Waals surface area (Å²) in [7, 11) is 0. The maximum Gasteiger partial charge on any atom is 0.306 e. The highest BCUT2D eigenvalue weighted by atomic mass is 16.7. The van der Waals surface area contributed by atoms with E-state index in [2.05, 4.69) is 0 Å². The van der Waals surface area contributed by atoms with Crippen LogP contribution in [0.2, 0.25) is 0 Å². The van der Waals surface area contributed by atoms with Crippen LogP contribution in [0.4, 0.5) is 0 Å². The van der Waals surface area contributed by atoms with Crippen molar-refractivity contribution in [3.63, 3.8) is 0 Å². The van der Waals surface area contributed by atoms with E-state index in [0.29, 0.717) is 19.6 Å². The van der Waals surface area contributed by atoms with Crippen LogP contribution in [-0.4, -0.2) is 25.3 Å². The fourth-order valence-corrected chi connectivity index (χ4v) is 1.92. The van der Waals surface area contributed by atoms with E-state index >= 15 is 0 Å². The molecular formula is C15H20O4. The van der Waals surface area contributed by atoms with Crippen molar-refractivity contribution < 1.29 is 19.0 Å². The second-order valence-corrected chi connectivity index (χ2v) is 4.62. The van der Waals surface area contributed by atoms with E-state index < -0.39 is 0 Å². The molecule has 1 aromatic carbocycles. The predicted octanol–water partition coefficient (Wildman–Crippen LogP) is 2.83. The number of rotatable bonds is 5. The molecule has 0 aliphatic carbocycles. The van der Waals surface area contributed by atoms with Crippen LogP contribution in [0.5, 0.6) is 0 Å². The lowest BCUT2D eigenvalue weighted by atomic mass is 10.2. The van der Waals surface area contributed by atoms with Gasteiger partial charge < -0.3 is 14.2 Å². The van der Waals surface area contributed by atoms with E-state index in [1.165, 1.54) is 0 Å². The van der Waals surface area contributed by atoms with Crippen LogP contribution in [-0.2, 0) is 19.0 Å². The SMILES string of the molecule is CCCCC(=O)OC1COC(c2ccccc2)OC1. The van der Waals surface area contributed by atoms with Crippen LogP contribution in [0.15, 0.2) is 30.3 Å². The van der Waals surface area contributed by atoms with Gasteiger partial charge in [0.15, 0.2) is 6.29 Å². The van der Waals surface area contributed by atoms with Gasteiger partial charge in [0, 0.05) is 12.0 Å². The standard InChI is InChI=1S/C15H20O4/c1-2-3-9-14(16)19-13-10-17-15(18-11-13)12-7-5-4-6-8-12/h4-8,13,15H,2-3,9-11H2,1H3. The highest BCUT2D eigenvalue weighted by Crippen LogP contribution is 2.23. The van der Waals surface area contributed by atoms with Gasteiger partial charge in [0.05, 0.1) is 13.2 Å². The molecule has 0 radical (unpaired) electrons. The molecule has 0 unspecified atom stereocenters. The topological polar surface area (TPSA) is 44.8 Å².